The van der Waals surface area contributed by atoms with Crippen LogP contribution in [0, 0.1) is 6.92 Å². The Balaban J connectivity index is 1.43. The smallest absolute Gasteiger partial charge is 0.234 e. The minimum Gasteiger partial charge on any atom is -0.438 e. The van der Waals surface area contributed by atoms with Crippen molar-refractivity contribution < 1.29 is 9.53 Å². The van der Waals surface area contributed by atoms with Crippen molar-refractivity contribution in [2.75, 3.05) is 11.1 Å². The topological polar surface area (TPSA) is 64.1 Å². The van der Waals surface area contributed by atoms with Gasteiger partial charge in [0.25, 0.3) is 0 Å². The molecule has 0 fully saturated rings. The van der Waals surface area contributed by atoms with Gasteiger partial charge in [0, 0.05) is 22.7 Å². The third kappa shape index (κ3) is 4.87. The van der Waals surface area contributed by atoms with E-state index in [1.54, 1.807) is 12.1 Å². The number of carbonyl (C=O) groups excluding carboxylic acids is 1. The molecule has 5 rings (SSSR count). The van der Waals surface area contributed by atoms with E-state index in [1.807, 2.05) is 67.6 Å². The van der Waals surface area contributed by atoms with Gasteiger partial charge in [-0.1, -0.05) is 59.3 Å². The minimum atomic E-state index is -0.0959. The number of halogens is 1. The van der Waals surface area contributed by atoms with Gasteiger partial charge in [0.1, 0.15) is 10.8 Å². The molecule has 0 unspecified atom stereocenters. The number of nitrogens with one attached hydrogen (secondary N) is 1. The first kappa shape index (κ1) is 21.5. The van der Waals surface area contributed by atoms with Gasteiger partial charge in [-0.2, -0.15) is 4.98 Å². The maximum atomic E-state index is 12.6. The molecule has 1 N–H and O–H groups in total. The number of fused-ring (bicyclic) bond motifs is 2. The standard InChI is InChI=1S/C26H20ClN3O2S/c1-16-6-12-20(13-7-16)28-23(31)15-33-26-21-14-18-4-2-3-5-22(18)32-25(21)29-24(30-26)17-8-10-19(27)11-9-17/h2-13H,14-15H2,1H3,(H,28,31). The maximum absolute atomic E-state index is 12.6. The van der Waals surface area contributed by atoms with Gasteiger partial charge in [-0.25, -0.2) is 4.98 Å². The molecule has 0 saturated heterocycles. The number of hydrogen-bond acceptors (Lipinski definition) is 5. The van der Waals surface area contributed by atoms with E-state index in [4.69, 9.17) is 21.3 Å². The highest BCUT2D eigenvalue weighted by Crippen LogP contribution is 2.40. The first-order chi connectivity index (χ1) is 16.0. The Labute approximate surface area is 201 Å². The Morgan fingerprint density at radius 2 is 1.79 bits per heavy atom. The van der Waals surface area contributed by atoms with Gasteiger partial charge >= 0.3 is 0 Å². The van der Waals surface area contributed by atoms with Crippen LogP contribution in [0.5, 0.6) is 11.6 Å². The number of para-hydroxylation sites is 1. The first-order valence-corrected chi connectivity index (χ1v) is 11.8. The Morgan fingerprint density at radius 3 is 2.58 bits per heavy atom. The van der Waals surface area contributed by atoms with Gasteiger partial charge in [-0.15, -0.1) is 0 Å². The third-order valence-electron chi connectivity index (χ3n) is 5.26. The van der Waals surface area contributed by atoms with Crippen molar-refractivity contribution >= 4 is 35.0 Å². The second-order valence-electron chi connectivity index (χ2n) is 7.73. The van der Waals surface area contributed by atoms with Crippen LogP contribution in [0.1, 0.15) is 16.7 Å². The highest BCUT2D eigenvalue weighted by molar-refractivity contribution is 8.00. The number of aryl methyl sites for hydroxylation is 1. The first-order valence-electron chi connectivity index (χ1n) is 10.5. The number of rotatable bonds is 5. The number of amides is 1. The van der Waals surface area contributed by atoms with Crippen molar-refractivity contribution in [1.82, 2.24) is 9.97 Å². The zero-order chi connectivity index (χ0) is 22.8. The molecule has 1 aliphatic rings. The van der Waals surface area contributed by atoms with Gasteiger partial charge in [0.15, 0.2) is 5.82 Å². The highest BCUT2D eigenvalue weighted by atomic mass is 35.5. The van der Waals surface area contributed by atoms with Gasteiger partial charge in [0.05, 0.1) is 11.3 Å². The number of thioether (sulfide) groups is 1. The third-order valence-corrected chi connectivity index (χ3v) is 6.53. The Hall–Kier alpha value is -3.35. The molecule has 5 nitrogen and oxygen atoms in total. The molecule has 164 valence electrons. The number of benzene rings is 3. The predicted molar refractivity (Wildman–Crippen MR) is 132 cm³/mol. The lowest BCUT2D eigenvalue weighted by molar-refractivity contribution is -0.113. The van der Waals surface area contributed by atoms with Crippen molar-refractivity contribution in [3.8, 4) is 23.0 Å². The van der Waals surface area contributed by atoms with Crippen molar-refractivity contribution in [3.05, 3.63) is 94.5 Å². The second kappa shape index (κ2) is 9.25. The fourth-order valence-corrected chi connectivity index (χ4v) is 4.49. The summed E-state index contributed by atoms with van der Waals surface area (Å²) < 4.78 is 6.13. The molecule has 0 atom stereocenters. The summed E-state index contributed by atoms with van der Waals surface area (Å²) in [4.78, 5) is 22.1. The summed E-state index contributed by atoms with van der Waals surface area (Å²) in [6.45, 7) is 2.01. The summed E-state index contributed by atoms with van der Waals surface area (Å²) in [7, 11) is 0. The number of anilines is 1. The van der Waals surface area contributed by atoms with Crippen LogP contribution in [0.3, 0.4) is 0 Å². The lowest BCUT2D eigenvalue weighted by Gasteiger charge is -2.21. The molecule has 0 bridgehead atoms. The van der Waals surface area contributed by atoms with E-state index in [0.29, 0.717) is 23.1 Å². The molecule has 0 aliphatic carbocycles. The van der Waals surface area contributed by atoms with Crippen LogP contribution in [-0.4, -0.2) is 21.6 Å². The lowest BCUT2D eigenvalue weighted by atomic mass is 10.0. The number of ether oxygens (including phenoxy) is 1. The van der Waals surface area contributed by atoms with Crippen LogP contribution in [0.2, 0.25) is 5.02 Å². The van der Waals surface area contributed by atoms with Gasteiger partial charge in [0.2, 0.25) is 11.8 Å². The Bertz CT molecular complexity index is 1320. The molecular formula is C26H20ClN3O2S. The number of aromatic nitrogens is 2. The fourth-order valence-electron chi connectivity index (χ4n) is 3.54. The fraction of sp³-hybridized carbons (Fsp3) is 0.115. The Morgan fingerprint density at radius 1 is 1.03 bits per heavy atom. The SMILES string of the molecule is Cc1ccc(NC(=O)CSc2nc(-c3ccc(Cl)cc3)nc3c2Cc2ccccc2O3)cc1. The van der Waals surface area contributed by atoms with E-state index >= 15 is 0 Å². The van der Waals surface area contributed by atoms with E-state index in [-0.39, 0.29) is 11.7 Å². The molecule has 3 aromatic carbocycles. The van der Waals surface area contributed by atoms with Crippen LogP contribution in [0.25, 0.3) is 11.4 Å². The van der Waals surface area contributed by atoms with Gasteiger partial charge in [-0.3, -0.25) is 4.79 Å². The number of hydrogen-bond donors (Lipinski definition) is 1. The molecule has 33 heavy (non-hydrogen) atoms. The average molecular weight is 474 g/mol. The summed E-state index contributed by atoms with van der Waals surface area (Å²) >= 11 is 7.43. The quantitative estimate of drug-likeness (QED) is 0.232. The van der Waals surface area contributed by atoms with Gasteiger partial charge < -0.3 is 10.1 Å². The van der Waals surface area contributed by atoms with Crippen LogP contribution >= 0.6 is 23.4 Å². The number of carbonyl (C=O) groups is 1. The van der Waals surface area contributed by atoms with E-state index in [9.17, 15) is 4.79 Å². The zero-order valence-electron chi connectivity index (χ0n) is 17.8. The van der Waals surface area contributed by atoms with Crippen LogP contribution < -0.4 is 10.1 Å². The molecule has 7 heteroatoms. The molecule has 0 radical (unpaired) electrons. The monoisotopic (exact) mass is 473 g/mol. The predicted octanol–water partition coefficient (Wildman–Crippen LogP) is 6.53. The van der Waals surface area contributed by atoms with Crippen LogP contribution in [0.4, 0.5) is 5.69 Å². The molecular weight excluding hydrogens is 454 g/mol. The minimum absolute atomic E-state index is 0.0959. The second-order valence-corrected chi connectivity index (χ2v) is 9.13. The summed E-state index contributed by atoms with van der Waals surface area (Å²) in [6.07, 6.45) is 0.647. The van der Waals surface area contributed by atoms with Crippen molar-refractivity contribution in [1.29, 1.82) is 0 Å². The van der Waals surface area contributed by atoms with Crippen molar-refractivity contribution in [2.24, 2.45) is 0 Å². The van der Waals surface area contributed by atoms with Crippen molar-refractivity contribution in [3.63, 3.8) is 0 Å². The molecule has 2 heterocycles. The summed E-state index contributed by atoms with van der Waals surface area (Å²) in [5.74, 6) is 1.97. The lowest BCUT2D eigenvalue weighted by Crippen LogP contribution is -2.15. The largest absolute Gasteiger partial charge is 0.438 e. The Kier molecular flexibility index (Phi) is 6.03. The summed E-state index contributed by atoms with van der Waals surface area (Å²) in [5, 5.41) is 4.32. The molecule has 4 aromatic rings. The normalized spacial score (nSPS) is 11.8. The van der Waals surface area contributed by atoms with E-state index in [2.05, 4.69) is 10.3 Å². The number of nitrogens with zero attached hydrogens (tertiary/aromatic N) is 2. The summed E-state index contributed by atoms with van der Waals surface area (Å²) in [6, 6.07) is 23.0. The van der Waals surface area contributed by atoms with Gasteiger partial charge in [-0.05, 0) is 55.0 Å². The summed E-state index contributed by atoms with van der Waals surface area (Å²) in [5.41, 5.74) is 4.70. The van der Waals surface area contributed by atoms with Crippen LogP contribution in [-0.2, 0) is 11.2 Å². The maximum Gasteiger partial charge on any atom is 0.234 e. The van der Waals surface area contributed by atoms with E-state index in [1.165, 1.54) is 11.8 Å². The average Bonchev–Trinajstić information content (AvgIpc) is 2.83. The van der Waals surface area contributed by atoms with E-state index < -0.39 is 0 Å². The van der Waals surface area contributed by atoms with Crippen LogP contribution in [0.15, 0.2) is 77.8 Å². The molecule has 1 amide bonds. The zero-order valence-corrected chi connectivity index (χ0v) is 19.4. The van der Waals surface area contributed by atoms with E-state index in [0.717, 1.165) is 38.7 Å². The van der Waals surface area contributed by atoms with Crippen molar-refractivity contribution in [2.45, 2.75) is 18.4 Å². The molecule has 1 aliphatic heterocycles. The highest BCUT2D eigenvalue weighted by Gasteiger charge is 2.24. The molecule has 0 spiro atoms. The molecule has 1 aromatic heterocycles. The molecule has 0 saturated carbocycles.